The summed E-state index contributed by atoms with van der Waals surface area (Å²) in [6, 6.07) is 4.22. The zero-order valence-corrected chi connectivity index (χ0v) is 11.0. The summed E-state index contributed by atoms with van der Waals surface area (Å²) in [6.07, 6.45) is 5.51. The van der Waals surface area contributed by atoms with E-state index < -0.39 is 0 Å². The van der Waals surface area contributed by atoms with E-state index in [4.69, 9.17) is 9.84 Å². The Morgan fingerprint density at radius 3 is 3.21 bits per heavy atom. The van der Waals surface area contributed by atoms with Crippen LogP contribution in [0.5, 0.6) is 0 Å². The number of hydrogen-bond acceptors (Lipinski definition) is 4. The highest BCUT2D eigenvalue weighted by molar-refractivity contribution is 5.71. The van der Waals surface area contributed by atoms with Crippen molar-refractivity contribution in [2.75, 3.05) is 19.8 Å². The number of aliphatic hydroxyl groups excluding tert-OH is 1. The second-order valence-electron chi connectivity index (χ2n) is 4.94. The highest BCUT2D eigenvalue weighted by Gasteiger charge is 2.22. The molecule has 1 N–H and O–H groups in total. The molecule has 0 saturated carbocycles. The number of rotatable bonds is 4. The van der Waals surface area contributed by atoms with Crippen LogP contribution in [0.3, 0.4) is 0 Å². The van der Waals surface area contributed by atoms with Crippen molar-refractivity contribution in [2.45, 2.75) is 31.7 Å². The van der Waals surface area contributed by atoms with E-state index >= 15 is 0 Å². The summed E-state index contributed by atoms with van der Waals surface area (Å²) < 4.78 is 7.80. The van der Waals surface area contributed by atoms with Gasteiger partial charge in [-0.15, -0.1) is 0 Å². The molecule has 3 heterocycles. The van der Waals surface area contributed by atoms with Crippen molar-refractivity contribution in [3.8, 4) is 0 Å². The Balaban J connectivity index is 2.01. The second kappa shape index (κ2) is 5.67. The van der Waals surface area contributed by atoms with Gasteiger partial charge in [-0.05, 0) is 31.4 Å². The van der Waals surface area contributed by atoms with E-state index in [0.717, 1.165) is 55.9 Å². The summed E-state index contributed by atoms with van der Waals surface area (Å²) in [5.41, 5.74) is 1.87. The van der Waals surface area contributed by atoms with Crippen LogP contribution in [0.1, 0.15) is 31.1 Å². The zero-order chi connectivity index (χ0) is 13.1. The molecule has 0 radical (unpaired) electrons. The van der Waals surface area contributed by atoms with Crippen molar-refractivity contribution in [2.24, 2.45) is 0 Å². The summed E-state index contributed by atoms with van der Waals surface area (Å²) >= 11 is 0. The molecule has 102 valence electrons. The molecule has 0 aromatic carbocycles. The maximum absolute atomic E-state index is 9.03. The fraction of sp³-hybridized carbons (Fsp3) is 0.571. The number of aryl methyl sites for hydroxylation is 1. The minimum Gasteiger partial charge on any atom is -0.396 e. The highest BCUT2D eigenvalue weighted by atomic mass is 16.5. The number of aliphatic hydroxyl groups is 1. The average molecular weight is 261 g/mol. The van der Waals surface area contributed by atoms with Crippen LogP contribution in [-0.4, -0.2) is 39.5 Å². The first-order valence-electron chi connectivity index (χ1n) is 6.90. The van der Waals surface area contributed by atoms with E-state index in [9.17, 15) is 0 Å². The Morgan fingerprint density at radius 1 is 1.47 bits per heavy atom. The second-order valence-corrected chi connectivity index (χ2v) is 4.94. The molecule has 2 aromatic rings. The molecule has 1 atom stereocenters. The molecule has 1 aliphatic heterocycles. The van der Waals surface area contributed by atoms with Crippen LogP contribution in [0.2, 0.25) is 0 Å². The maximum atomic E-state index is 9.03. The fourth-order valence-electron chi connectivity index (χ4n) is 2.70. The fourth-order valence-corrected chi connectivity index (χ4v) is 2.70. The third-order valence-electron chi connectivity index (χ3n) is 3.58. The molecule has 0 bridgehead atoms. The van der Waals surface area contributed by atoms with Crippen molar-refractivity contribution in [1.29, 1.82) is 0 Å². The Morgan fingerprint density at radius 2 is 2.42 bits per heavy atom. The van der Waals surface area contributed by atoms with E-state index in [-0.39, 0.29) is 6.61 Å². The van der Waals surface area contributed by atoms with Gasteiger partial charge in [-0.1, -0.05) is 0 Å². The molecule has 19 heavy (non-hydrogen) atoms. The predicted octanol–water partition coefficient (Wildman–Crippen LogP) is 1.71. The van der Waals surface area contributed by atoms with Gasteiger partial charge in [-0.25, -0.2) is 9.97 Å². The van der Waals surface area contributed by atoms with Crippen LogP contribution in [0.4, 0.5) is 0 Å². The normalized spacial score (nSPS) is 19.9. The van der Waals surface area contributed by atoms with Gasteiger partial charge in [-0.2, -0.15) is 0 Å². The first-order valence-corrected chi connectivity index (χ1v) is 6.90. The number of ether oxygens (including phenoxy) is 1. The summed E-state index contributed by atoms with van der Waals surface area (Å²) in [4.78, 5) is 9.13. The molecule has 1 unspecified atom stereocenters. The summed E-state index contributed by atoms with van der Waals surface area (Å²) in [7, 11) is 0. The molecular weight excluding hydrogens is 242 g/mol. The molecule has 1 fully saturated rings. The van der Waals surface area contributed by atoms with Crippen LogP contribution in [0.25, 0.3) is 11.2 Å². The smallest absolute Gasteiger partial charge is 0.160 e. The molecule has 0 spiro atoms. The van der Waals surface area contributed by atoms with Crippen LogP contribution < -0.4 is 0 Å². The summed E-state index contributed by atoms with van der Waals surface area (Å²) in [5, 5.41) is 9.03. The van der Waals surface area contributed by atoms with E-state index in [1.165, 1.54) is 0 Å². The van der Waals surface area contributed by atoms with Gasteiger partial charge in [-0.3, -0.25) is 0 Å². The molecule has 2 aromatic heterocycles. The van der Waals surface area contributed by atoms with Crippen molar-refractivity contribution in [1.82, 2.24) is 14.5 Å². The maximum Gasteiger partial charge on any atom is 0.160 e. The van der Waals surface area contributed by atoms with Gasteiger partial charge in [0.05, 0.1) is 12.6 Å². The first kappa shape index (κ1) is 12.6. The van der Waals surface area contributed by atoms with Crippen LogP contribution in [0.15, 0.2) is 18.3 Å². The van der Waals surface area contributed by atoms with E-state index in [0.29, 0.717) is 6.04 Å². The summed E-state index contributed by atoms with van der Waals surface area (Å²) in [5.74, 6) is 1.01. The average Bonchev–Trinajstić information content (AvgIpc) is 2.84. The van der Waals surface area contributed by atoms with Gasteiger partial charge in [0.2, 0.25) is 0 Å². The SMILES string of the molecule is OCCCc1nc2cccnc2n1C1CCCOC1. The lowest BCUT2D eigenvalue weighted by atomic mass is 10.1. The lowest BCUT2D eigenvalue weighted by Crippen LogP contribution is -2.23. The van der Waals surface area contributed by atoms with Gasteiger partial charge in [0, 0.05) is 25.8 Å². The monoisotopic (exact) mass is 261 g/mol. The van der Waals surface area contributed by atoms with Gasteiger partial charge >= 0.3 is 0 Å². The van der Waals surface area contributed by atoms with Gasteiger partial charge in [0.25, 0.3) is 0 Å². The van der Waals surface area contributed by atoms with Gasteiger partial charge in [0.15, 0.2) is 5.65 Å². The molecule has 1 aliphatic rings. The van der Waals surface area contributed by atoms with Crippen molar-refractivity contribution in [3.05, 3.63) is 24.2 Å². The molecule has 5 nitrogen and oxygen atoms in total. The standard InChI is InChI=1S/C14H19N3O2/c18-8-2-6-13-16-12-5-1-7-15-14(12)17(13)11-4-3-9-19-10-11/h1,5,7,11,18H,2-4,6,8-10H2. The Kier molecular flexibility index (Phi) is 3.75. The topological polar surface area (TPSA) is 60.2 Å². The molecule has 3 rings (SSSR count). The lowest BCUT2D eigenvalue weighted by molar-refractivity contribution is 0.0593. The third-order valence-corrected chi connectivity index (χ3v) is 3.58. The first-order chi connectivity index (χ1) is 9.40. The van der Waals surface area contributed by atoms with Crippen LogP contribution >= 0.6 is 0 Å². The van der Waals surface area contributed by atoms with E-state index in [1.54, 1.807) is 6.20 Å². The molecule has 5 heteroatoms. The molecule has 0 aliphatic carbocycles. The minimum absolute atomic E-state index is 0.192. The quantitative estimate of drug-likeness (QED) is 0.910. The predicted molar refractivity (Wildman–Crippen MR) is 72.0 cm³/mol. The number of fused-ring (bicyclic) bond motifs is 1. The van der Waals surface area contributed by atoms with Crippen molar-refractivity contribution < 1.29 is 9.84 Å². The minimum atomic E-state index is 0.192. The van der Waals surface area contributed by atoms with E-state index in [1.807, 2.05) is 12.1 Å². The Bertz CT molecular complexity index is 547. The van der Waals surface area contributed by atoms with Crippen LogP contribution in [-0.2, 0) is 11.2 Å². The number of aromatic nitrogens is 3. The number of pyridine rings is 1. The Labute approximate surface area is 112 Å². The third kappa shape index (κ3) is 2.48. The van der Waals surface area contributed by atoms with E-state index in [2.05, 4.69) is 14.5 Å². The Hall–Kier alpha value is -1.46. The molecular formula is C14H19N3O2. The van der Waals surface area contributed by atoms with Crippen molar-refractivity contribution >= 4 is 11.2 Å². The zero-order valence-electron chi connectivity index (χ0n) is 11.0. The number of imidazole rings is 1. The largest absolute Gasteiger partial charge is 0.396 e. The summed E-state index contributed by atoms with van der Waals surface area (Å²) in [6.45, 7) is 1.77. The molecule has 0 amide bonds. The van der Waals surface area contributed by atoms with Gasteiger partial charge in [0.1, 0.15) is 11.3 Å². The molecule has 1 saturated heterocycles. The number of nitrogens with zero attached hydrogens (tertiary/aromatic N) is 3. The highest BCUT2D eigenvalue weighted by Crippen LogP contribution is 2.26. The van der Waals surface area contributed by atoms with Gasteiger partial charge < -0.3 is 14.4 Å². The number of hydrogen-bond donors (Lipinski definition) is 1. The van der Waals surface area contributed by atoms with Crippen molar-refractivity contribution in [3.63, 3.8) is 0 Å². The lowest BCUT2D eigenvalue weighted by Gasteiger charge is -2.25. The van der Waals surface area contributed by atoms with Crippen LogP contribution in [0, 0.1) is 0 Å².